The number of rotatable bonds is 5. The van der Waals surface area contributed by atoms with Gasteiger partial charge in [-0.3, -0.25) is 4.79 Å². The summed E-state index contributed by atoms with van der Waals surface area (Å²) in [6, 6.07) is 0.577. The molecule has 1 heterocycles. The zero-order valence-corrected chi connectivity index (χ0v) is 13.9. The molecular formula is C14H27ClN2O2S. The van der Waals surface area contributed by atoms with Crippen LogP contribution in [0, 0.1) is 0 Å². The van der Waals surface area contributed by atoms with Gasteiger partial charge in [-0.15, -0.1) is 12.4 Å². The number of amides is 1. The van der Waals surface area contributed by atoms with Gasteiger partial charge in [-0.2, -0.15) is 11.8 Å². The topological polar surface area (TPSA) is 50.4 Å². The molecule has 1 aliphatic carbocycles. The highest BCUT2D eigenvalue weighted by Crippen LogP contribution is 2.28. The van der Waals surface area contributed by atoms with Crippen molar-refractivity contribution in [1.29, 1.82) is 0 Å². The molecule has 0 bridgehead atoms. The third kappa shape index (κ3) is 6.20. The van der Waals surface area contributed by atoms with Gasteiger partial charge in [0.05, 0.1) is 13.2 Å². The van der Waals surface area contributed by atoms with Crippen molar-refractivity contribution in [2.45, 2.75) is 56.4 Å². The highest BCUT2D eigenvalue weighted by atomic mass is 35.5. The van der Waals surface area contributed by atoms with E-state index in [2.05, 4.69) is 17.6 Å². The van der Waals surface area contributed by atoms with Gasteiger partial charge in [-0.05, 0) is 25.0 Å². The largest absolute Gasteiger partial charge is 0.378 e. The quantitative estimate of drug-likeness (QED) is 0.812. The monoisotopic (exact) mass is 322 g/mol. The van der Waals surface area contributed by atoms with Gasteiger partial charge >= 0.3 is 0 Å². The molecular weight excluding hydrogens is 296 g/mol. The molecule has 0 spiro atoms. The van der Waals surface area contributed by atoms with Gasteiger partial charge in [-0.1, -0.05) is 13.3 Å². The van der Waals surface area contributed by atoms with Crippen LogP contribution in [0.4, 0.5) is 0 Å². The van der Waals surface area contributed by atoms with Crippen LogP contribution in [-0.2, 0) is 9.53 Å². The number of hydrogen-bond acceptors (Lipinski definition) is 4. The average molecular weight is 323 g/mol. The van der Waals surface area contributed by atoms with Gasteiger partial charge < -0.3 is 15.4 Å². The lowest BCUT2D eigenvalue weighted by molar-refractivity contribution is -0.123. The van der Waals surface area contributed by atoms with Gasteiger partial charge in [0.2, 0.25) is 5.91 Å². The fraction of sp³-hybridized carbons (Fsp3) is 0.929. The van der Waals surface area contributed by atoms with Gasteiger partial charge in [0, 0.05) is 30.3 Å². The van der Waals surface area contributed by atoms with Crippen LogP contribution >= 0.6 is 24.2 Å². The Hall–Kier alpha value is 0.0300. The summed E-state index contributed by atoms with van der Waals surface area (Å²) in [5.41, 5.74) is 0. The van der Waals surface area contributed by atoms with E-state index in [1.165, 1.54) is 18.6 Å². The molecule has 2 rings (SSSR count). The molecule has 0 aromatic heterocycles. The molecule has 6 heteroatoms. The number of halogens is 1. The van der Waals surface area contributed by atoms with Crippen molar-refractivity contribution in [2.24, 2.45) is 0 Å². The first-order valence-electron chi connectivity index (χ1n) is 7.50. The molecule has 20 heavy (non-hydrogen) atoms. The van der Waals surface area contributed by atoms with E-state index in [0.29, 0.717) is 19.1 Å². The molecule has 118 valence electrons. The van der Waals surface area contributed by atoms with E-state index >= 15 is 0 Å². The third-order valence-electron chi connectivity index (χ3n) is 3.82. The van der Waals surface area contributed by atoms with Crippen LogP contribution in [0.5, 0.6) is 0 Å². The Labute approximate surface area is 132 Å². The predicted molar refractivity (Wildman–Crippen MR) is 86.8 cm³/mol. The minimum atomic E-state index is 0. The van der Waals surface area contributed by atoms with Crippen LogP contribution in [-0.4, -0.2) is 48.8 Å². The number of hydrogen-bond donors (Lipinski definition) is 2. The molecule has 3 atom stereocenters. The van der Waals surface area contributed by atoms with E-state index < -0.39 is 0 Å². The Kier molecular flexibility index (Phi) is 8.93. The Balaban J connectivity index is 0.00000200. The SMILES string of the molecule is CCSC1CCCC(NC(=O)CC2COCCN2)C1.Cl. The van der Waals surface area contributed by atoms with E-state index in [1.54, 1.807) is 0 Å². The summed E-state index contributed by atoms with van der Waals surface area (Å²) in [4.78, 5) is 12.0. The Bertz CT molecular complexity index is 286. The molecule has 4 nitrogen and oxygen atoms in total. The molecule has 1 saturated carbocycles. The second kappa shape index (κ2) is 9.87. The minimum Gasteiger partial charge on any atom is -0.378 e. The lowest BCUT2D eigenvalue weighted by Gasteiger charge is -2.30. The highest BCUT2D eigenvalue weighted by Gasteiger charge is 2.24. The number of carbonyl (C=O) groups is 1. The summed E-state index contributed by atoms with van der Waals surface area (Å²) in [6.07, 6.45) is 5.37. The summed E-state index contributed by atoms with van der Waals surface area (Å²) in [5.74, 6) is 1.35. The van der Waals surface area contributed by atoms with Crippen molar-refractivity contribution in [1.82, 2.24) is 10.6 Å². The van der Waals surface area contributed by atoms with Crippen LogP contribution in [0.15, 0.2) is 0 Å². The second-order valence-electron chi connectivity index (χ2n) is 5.44. The maximum atomic E-state index is 12.0. The van der Waals surface area contributed by atoms with Crippen molar-refractivity contribution in [3.8, 4) is 0 Å². The number of morpholine rings is 1. The lowest BCUT2D eigenvalue weighted by Crippen LogP contribution is -2.46. The normalized spacial score (nSPS) is 30.4. The fourth-order valence-corrected chi connectivity index (χ4v) is 4.10. The first-order valence-corrected chi connectivity index (χ1v) is 8.55. The van der Waals surface area contributed by atoms with Gasteiger partial charge in [0.1, 0.15) is 0 Å². The zero-order chi connectivity index (χ0) is 13.5. The Morgan fingerprint density at radius 2 is 2.30 bits per heavy atom. The molecule has 0 aromatic carbocycles. The number of thioether (sulfide) groups is 1. The summed E-state index contributed by atoms with van der Waals surface area (Å²) < 4.78 is 5.38. The summed E-state index contributed by atoms with van der Waals surface area (Å²) in [6.45, 7) is 4.49. The fourth-order valence-electron chi connectivity index (χ4n) is 2.92. The van der Waals surface area contributed by atoms with Crippen molar-refractivity contribution >= 4 is 30.1 Å². The van der Waals surface area contributed by atoms with E-state index in [4.69, 9.17) is 4.74 Å². The first-order chi connectivity index (χ1) is 9.28. The van der Waals surface area contributed by atoms with Crippen molar-refractivity contribution in [3.05, 3.63) is 0 Å². The molecule has 2 aliphatic rings. The molecule has 2 fully saturated rings. The molecule has 1 amide bonds. The van der Waals surface area contributed by atoms with Crippen LogP contribution < -0.4 is 10.6 Å². The van der Waals surface area contributed by atoms with Gasteiger partial charge in [-0.25, -0.2) is 0 Å². The number of carbonyl (C=O) groups excluding carboxylic acids is 1. The number of nitrogens with one attached hydrogen (secondary N) is 2. The van der Waals surface area contributed by atoms with E-state index in [-0.39, 0.29) is 24.4 Å². The molecule has 1 aliphatic heterocycles. The standard InChI is InChI=1S/C14H26N2O2S.ClH/c1-2-19-13-5-3-4-11(8-13)16-14(17)9-12-10-18-7-6-15-12;/h11-13,15H,2-10H2,1H3,(H,16,17);1H. The second-order valence-corrected chi connectivity index (χ2v) is 7.02. The number of ether oxygens (including phenoxy) is 1. The van der Waals surface area contributed by atoms with E-state index in [1.807, 2.05) is 11.8 Å². The smallest absolute Gasteiger partial charge is 0.221 e. The molecule has 0 radical (unpaired) electrons. The summed E-state index contributed by atoms with van der Waals surface area (Å²) in [7, 11) is 0. The highest BCUT2D eigenvalue weighted by molar-refractivity contribution is 7.99. The van der Waals surface area contributed by atoms with E-state index in [9.17, 15) is 4.79 Å². The van der Waals surface area contributed by atoms with Gasteiger partial charge in [0.25, 0.3) is 0 Å². The van der Waals surface area contributed by atoms with Crippen molar-refractivity contribution < 1.29 is 9.53 Å². The lowest BCUT2D eigenvalue weighted by atomic mass is 9.94. The van der Waals surface area contributed by atoms with Gasteiger partial charge in [0.15, 0.2) is 0 Å². The average Bonchev–Trinajstić information content (AvgIpc) is 2.40. The van der Waals surface area contributed by atoms with E-state index in [0.717, 1.165) is 31.2 Å². The maximum Gasteiger partial charge on any atom is 0.221 e. The van der Waals surface area contributed by atoms with Crippen molar-refractivity contribution in [2.75, 3.05) is 25.5 Å². The first kappa shape index (κ1) is 18.1. The van der Waals surface area contributed by atoms with Crippen LogP contribution in [0.2, 0.25) is 0 Å². The molecule has 3 unspecified atom stereocenters. The summed E-state index contributed by atoms with van der Waals surface area (Å²) >= 11 is 2.04. The predicted octanol–water partition coefficient (Wildman–Crippen LogP) is 1.97. The van der Waals surface area contributed by atoms with Crippen LogP contribution in [0.3, 0.4) is 0 Å². The van der Waals surface area contributed by atoms with Crippen LogP contribution in [0.25, 0.3) is 0 Å². The third-order valence-corrected chi connectivity index (χ3v) is 5.06. The van der Waals surface area contributed by atoms with Crippen LogP contribution in [0.1, 0.15) is 39.0 Å². The zero-order valence-electron chi connectivity index (χ0n) is 12.2. The molecule has 2 N–H and O–H groups in total. The van der Waals surface area contributed by atoms with Crippen molar-refractivity contribution in [3.63, 3.8) is 0 Å². The molecule has 1 saturated heterocycles. The maximum absolute atomic E-state index is 12.0. The Morgan fingerprint density at radius 1 is 1.45 bits per heavy atom. The summed E-state index contributed by atoms with van der Waals surface area (Å²) in [5, 5.41) is 7.27. The minimum absolute atomic E-state index is 0. The Morgan fingerprint density at radius 3 is 3.00 bits per heavy atom. The molecule has 0 aromatic rings.